The maximum Gasteiger partial charge on any atom is 0.413 e. The number of nitrogens with zero attached hydrogens (tertiary/aromatic N) is 2. The number of nitrogens with one attached hydrogen (secondary N) is 2. The van der Waals surface area contributed by atoms with Crippen LogP contribution in [0, 0.1) is 0 Å². The molecular weight excluding hydrogens is 974 g/mol. The van der Waals surface area contributed by atoms with Gasteiger partial charge in [0, 0.05) is 13.2 Å². The predicted octanol–water partition coefficient (Wildman–Crippen LogP) is 18.2. The number of nitrogens with two attached hydrogens (primary N) is 1. The third kappa shape index (κ3) is 29.5. The molecular formula is C62H100FN5O7Si. The summed E-state index contributed by atoms with van der Waals surface area (Å²) in [6.07, 6.45) is 29.1. The van der Waals surface area contributed by atoms with E-state index in [9.17, 15) is 9.59 Å². The monoisotopic (exact) mass is 1070 g/mol. The summed E-state index contributed by atoms with van der Waals surface area (Å²) in [5.74, 6) is 5.75. The van der Waals surface area contributed by atoms with Gasteiger partial charge in [-0.1, -0.05) is 186 Å². The van der Waals surface area contributed by atoms with Gasteiger partial charge in [-0.15, -0.1) is 4.48 Å². The molecule has 0 unspecified atom stereocenters. The van der Waals surface area contributed by atoms with E-state index in [0.717, 1.165) is 70.3 Å². The topological polar surface area (TPSA) is 167 Å². The largest absolute Gasteiger partial charge is 0.542 e. The van der Waals surface area contributed by atoms with Crippen molar-refractivity contribution in [3.63, 3.8) is 0 Å². The average molecular weight is 1070 g/mol. The average Bonchev–Trinajstić information content (AvgIpc) is 4.03. The number of halogens is 1. The molecule has 2 aromatic carbocycles. The van der Waals surface area contributed by atoms with Gasteiger partial charge in [0.25, 0.3) is 8.32 Å². The minimum atomic E-state index is -1.91. The van der Waals surface area contributed by atoms with Crippen molar-refractivity contribution in [2.75, 3.05) is 23.8 Å². The molecule has 1 aliphatic heterocycles. The Kier molecular flexibility index (Phi) is 35.5. The summed E-state index contributed by atoms with van der Waals surface area (Å²) < 4.78 is 31.2. The first-order valence-corrected chi connectivity index (χ1v) is 31.7. The quantitative estimate of drug-likeness (QED) is 0.0428. The Morgan fingerprint density at radius 3 is 1.28 bits per heavy atom. The lowest BCUT2D eigenvalue weighted by Gasteiger charge is -2.36. The van der Waals surface area contributed by atoms with Crippen molar-refractivity contribution in [2.24, 2.45) is 5.96 Å². The number of aromatic hydroxyl groups is 1. The normalized spacial score (nSPS) is 17.8. The Balaban J connectivity index is 0.000000374. The Morgan fingerprint density at radius 2 is 0.974 bits per heavy atom. The van der Waals surface area contributed by atoms with Gasteiger partial charge >= 0.3 is 12.2 Å². The first-order valence-electron chi connectivity index (χ1n) is 28.8. The summed E-state index contributed by atoms with van der Waals surface area (Å²) in [5, 5.41) is 14.6. The molecule has 2 aliphatic carbocycles. The minimum absolute atomic E-state index is 0.0360. The number of hydrogen-bond donors (Lipinski definition) is 4. The van der Waals surface area contributed by atoms with Crippen molar-refractivity contribution in [1.82, 2.24) is 9.97 Å². The van der Waals surface area contributed by atoms with Crippen LogP contribution in [0.15, 0.2) is 97.3 Å². The van der Waals surface area contributed by atoms with Crippen molar-refractivity contribution >= 4 is 32.1 Å². The molecule has 0 atom stereocenters. The molecule has 2 saturated carbocycles. The van der Waals surface area contributed by atoms with E-state index in [1.54, 1.807) is 12.3 Å². The van der Waals surface area contributed by atoms with Crippen LogP contribution in [0.4, 0.5) is 25.7 Å². The summed E-state index contributed by atoms with van der Waals surface area (Å²) in [7, 11) is -1.91. The maximum absolute atomic E-state index is 12.3. The number of aromatic nitrogens is 2. The highest BCUT2D eigenvalue weighted by Crippen LogP contribution is 2.38. The van der Waals surface area contributed by atoms with Crippen LogP contribution in [0.3, 0.4) is 0 Å². The van der Waals surface area contributed by atoms with Crippen molar-refractivity contribution in [3.8, 4) is 11.5 Å². The number of unbranched alkanes of at least 4 members (excludes halogenated alkanes) is 10. The molecule has 0 radical (unpaired) electrons. The standard InChI is InChI=1S/C24H34N2O3Si.C18H20N2O3.2C8H18.C4H8O.FH2N/c1-24(2,3)30(4,5)29-21-15-16-22(25-17-21)26-23(27)28-20-13-11-19(12-14-20)18-9-7-6-8-10-18;21-15-8-11-17(19-12-15)20-18(22)23-16-9-6-14(7-10-16)13-4-2-1-3-5-13;2*1-3-5-7-8-6-4-2;1-2-4-5-3-1;1-2/h6-10,15-17,19-20H,11-14H2,1-5H3,(H,25,26,27);1-5,8,11-12,14,16,21H,6-7,9-10H2,(H,19,20,22);2*3-8H2,1-2H3;1-4H2;2H2. The fourth-order valence-corrected chi connectivity index (χ4v) is 9.71. The molecule has 7 rings (SSSR count). The van der Waals surface area contributed by atoms with E-state index < -0.39 is 20.5 Å². The number of anilines is 2. The number of ether oxygens (including phenoxy) is 3. The highest BCUT2D eigenvalue weighted by atomic mass is 28.4. The number of hydrogen-bond acceptors (Lipinski definition) is 10. The molecule has 3 aliphatic rings. The van der Waals surface area contributed by atoms with Crippen molar-refractivity contribution in [1.29, 1.82) is 0 Å². The molecule has 12 nitrogen and oxygen atoms in total. The van der Waals surface area contributed by atoms with E-state index in [1.807, 2.05) is 18.2 Å². The Bertz CT molecular complexity index is 1990. The number of pyridine rings is 2. The summed E-state index contributed by atoms with van der Waals surface area (Å²) in [4.78, 5) is 32.4. The van der Waals surface area contributed by atoms with Gasteiger partial charge in [0.15, 0.2) is 0 Å². The van der Waals surface area contributed by atoms with Gasteiger partial charge in [-0.25, -0.2) is 19.6 Å². The highest BCUT2D eigenvalue weighted by Gasteiger charge is 2.39. The van der Waals surface area contributed by atoms with Gasteiger partial charge < -0.3 is 23.7 Å². The predicted molar refractivity (Wildman–Crippen MR) is 314 cm³/mol. The lowest BCUT2D eigenvalue weighted by molar-refractivity contribution is 0.0815. The van der Waals surface area contributed by atoms with Crippen LogP contribution in [0.25, 0.3) is 0 Å². The van der Waals surface area contributed by atoms with Crippen LogP contribution < -0.4 is 21.0 Å². The maximum atomic E-state index is 12.3. The first-order chi connectivity index (χ1) is 36.7. The van der Waals surface area contributed by atoms with E-state index in [4.69, 9.17) is 28.2 Å². The number of carbonyl (C=O) groups excluding carboxylic acids is 2. The van der Waals surface area contributed by atoms with E-state index in [0.29, 0.717) is 23.5 Å². The fourth-order valence-electron chi connectivity index (χ4n) is 8.69. The van der Waals surface area contributed by atoms with Gasteiger partial charge in [-0.05, 0) is 130 Å². The van der Waals surface area contributed by atoms with Crippen molar-refractivity contribution in [2.45, 2.75) is 232 Å². The van der Waals surface area contributed by atoms with Gasteiger partial charge in [0.1, 0.15) is 35.3 Å². The van der Waals surface area contributed by atoms with Crippen LogP contribution >= 0.6 is 0 Å². The zero-order chi connectivity index (χ0) is 55.9. The fraction of sp³-hybridized carbons (Fsp3) is 0.613. The van der Waals surface area contributed by atoms with Crippen LogP contribution in [-0.4, -0.2) is 61.0 Å². The molecule has 0 bridgehead atoms. The van der Waals surface area contributed by atoms with Crippen LogP contribution in [0.5, 0.6) is 11.5 Å². The molecule has 3 fully saturated rings. The SMILES string of the molecule is C1CCOC1.CC(C)(C)[Si](C)(C)Oc1ccc(NC(=O)OC2CCC(c3ccccc3)CC2)nc1.CCCCCCCC.CCCCCCCC.NF.O=C(Nc1ccc(O)cn1)OC1CCC(c2ccccc2)CC1. The second-order valence-corrected chi connectivity index (χ2v) is 26.3. The van der Waals surface area contributed by atoms with Crippen LogP contribution in [0.2, 0.25) is 18.1 Å². The summed E-state index contributed by atoms with van der Waals surface area (Å²) >= 11 is 0. The third-order valence-corrected chi connectivity index (χ3v) is 18.7. The van der Waals surface area contributed by atoms with Gasteiger partial charge in [0.05, 0.1) is 12.4 Å². The van der Waals surface area contributed by atoms with Gasteiger partial charge in [-0.2, -0.15) is 5.96 Å². The van der Waals surface area contributed by atoms with Crippen molar-refractivity contribution < 1.29 is 37.8 Å². The minimum Gasteiger partial charge on any atom is -0.542 e. The molecule has 4 aromatic rings. The van der Waals surface area contributed by atoms with Crippen LogP contribution in [0.1, 0.15) is 213 Å². The molecule has 3 heterocycles. The second kappa shape index (κ2) is 40.2. The summed E-state index contributed by atoms with van der Waals surface area (Å²) in [5.41, 5.74) is 2.74. The zero-order valence-electron chi connectivity index (χ0n) is 48.3. The van der Waals surface area contributed by atoms with Crippen molar-refractivity contribution in [3.05, 3.63) is 108 Å². The van der Waals surface area contributed by atoms with E-state index >= 15 is 0 Å². The molecule has 5 N–H and O–H groups in total. The zero-order valence-corrected chi connectivity index (χ0v) is 49.3. The molecule has 2 amide bonds. The lowest BCUT2D eigenvalue weighted by atomic mass is 9.83. The van der Waals surface area contributed by atoms with E-state index in [-0.39, 0.29) is 23.0 Å². The van der Waals surface area contributed by atoms with E-state index in [1.165, 1.54) is 119 Å². The number of carbonyl (C=O) groups is 2. The number of rotatable bonds is 18. The molecule has 2 aromatic heterocycles. The molecule has 76 heavy (non-hydrogen) atoms. The first kappa shape index (κ1) is 67.1. The summed E-state index contributed by atoms with van der Waals surface area (Å²) in [6.45, 7) is 22.0. The highest BCUT2D eigenvalue weighted by molar-refractivity contribution is 6.74. The molecule has 0 spiro atoms. The van der Waals surface area contributed by atoms with Crippen LogP contribution in [-0.2, 0) is 14.2 Å². The Morgan fingerprint density at radius 1 is 0.592 bits per heavy atom. The molecule has 14 heteroatoms. The molecule has 426 valence electrons. The van der Waals surface area contributed by atoms with E-state index in [2.05, 4.69) is 137 Å². The van der Waals surface area contributed by atoms with Gasteiger partial charge in [0.2, 0.25) is 0 Å². The number of benzene rings is 2. The summed E-state index contributed by atoms with van der Waals surface area (Å²) in [6, 6.07) is 27.7. The molecule has 1 saturated heterocycles. The Hall–Kier alpha value is -5.05. The van der Waals surface area contributed by atoms with Gasteiger partial charge in [-0.3, -0.25) is 10.6 Å². The lowest BCUT2D eigenvalue weighted by Crippen LogP contribution is -2.43. The third-order valence-electron chi connectivity index (χ3n) is 14.3. The Labute approximate surface area is 459 Å². The number of amides is 2. The smallest absolute Gasteiger partial charge is 0.413 e. The second-order valence-electron chi connectivity index (χ2n) is 21.6.